The molecule has 1 spiro atoms. The highest BCUT2D eigenvalue weighted by atomic mass is 16.5. The highest BCUT2D eigenvalue weighted by Crippen LogP contribution is 2.57. The number of carboxylic acids is 1. The summed E-state index contributed by atoms with van der Waals surface area (Å²) in [5, 5.41) is 11.8. The summed E-state index contributed by atoms with van der Waals surface area (Å²) in [6.07, 6.45) is 3.72. The zero-order valence-electron chi connectivity index (χ0n) is 15.5. The second kappa shape index (κ2) is 5.79. The maximum absolute atomic E-state index is 13.6. The minimum Gasteiger partial charge on any atom is -0.481 e. The van der Waals surface area contributed by atoms with Gasteiger partial charge < -0.3 is 14.7 Å². The molecule has 5 heteroatoms. The minimum atomic E-state index is -0.983. The van der Waals surface area contributed by atoms with Gasteiger partial charge in [-0.15, -0.1) is 6.58 Å². The Morgan fingerprint density at radius 2 is 2.00 bits per heavy atom. The van der Waals surface area contributed by atoms with Crippen LogP contribution in [-0.2, 0) is 14.3 Å². The number of aliphatic carboxylic acids is 1. The van der Waals surface area contributed by atoms with Crippen molar-refractivity contribution in [2.24, 2.45) is 11.8 Å². The van der Waals surface area contributed by atoms with E-state index in [1.807, 2.05) is 55.5 Å². The molecule has 0 saturated carbocycles. The predicted molar refractivity (Wildman–Crippen MR) is 106 cm³/mol. The van der Waals surface area contributed by atoms with Gasteiger partial charge in [0.05, 0.1) is 23.8 Å². The van der Waals surface area contributed by atoms with Gasteiger partial charge in [0, 0.05) is 5.39 Å². The summed E-state index contributed by atoms with van der Waals surface area (Å²) in [5.74, 6) is -2.74. The van der Waals surface area contributed by atoms with Crippen molar-refractivity contribution in [2.45, 2.75) is 31.1 Å². The van der Waals surface area contributed by atoms with Crippen LogP contribution in [-0.4, -0.2) is 34.7 Å². The van der Waals surface area contributed by atoms with E-state index in [0.717, 1.165) is 22.0 Å². The Morgan fingerprint density at radius 1 is 1.25 bits per heavy atom. The summed E-state index contributed by atoms with van der Waals surface area (Å²) in [7, 11) is 0. The summed E-state index contributed by atoms with van der Waals surface area (Å²) < 4.78 is 6.21. The monoisotopic (exact) mass is 375 g/mol. The van der Waals surface area contributed by atoms with Crippen molar-refractivity contribution in [3.05, 3.63) is 66.8 Å². The molecule has 2 fully saturated rings. The maximum Gasteiger partial charge on any atom is 0.310 e. The molecule has 1 amide bonds. The van der Waals surface area contributed by atoms with E-state index in [4.69, 9.17) is 4.74 Å². The van der Waals surface area contributed by atoms with E-state index in [9.17, 15) is 14.7 Å². The van der Waals surface area contributed by atoms with E-state index in [2.05, 4.69) is 6.58 Å². The van der Waals surface area contributed by atoms with Crippen molar-refractivity contribution in [3.8, 4) is 0 Å². The molecule has 142 valence electrons. The molecule has 0 radical (unpaired) electrons. The molecule has 0 unspecified atom stereocenters. The van der Waals surface area contributed by atoms with Crippen molar-refractivity contribution in [3.63, 3.8) is 0 Å². The zero-order chi connectivity index (χ0) is 19.6. The molecule has 2 saturated heterocycles. The molecule has 1 N–H and O–H groups in total. The lowest BCUT2D eigenvalue weighted by Crippen LogP contribution is -2.45. The number of rotatable bonds is 4. The number of nitrogens with zero attached hydrogens (tertiary/aromatic N) is 1. The number of carboxylic acid groups (broad SMARTS) is 1. The van der Waals surface area contributed by atoms with Crippen LogP contribution in [0.2, 0.25) is 0 Å². The van der Waals surface area contributed by atoms with Crippen LogP contribution in [0.4, 0.5) is 5.69 Å². The molecule has 0 aromatic heterocycles. The number of carbonyl (C=O) groups is 2. The molecule has 28 heavy (non-hydrogen) atoms. The average molecular weight is 375 g/mol. The van der Waals surface area contributed by atoms with E-state index in [1.54, 1.807) is 11.0 Å². The number of hydrogen-bond acceptors (Lipinski definition) is 3. The standard InChI is InChI=1S/C23H21NO4/c1-13(2)12-18-23-11-10-17(28-23)19(22(26)27)20(23)21(25)24(18)16-9-5-7-14-6-3-4-8-15(14)16/h3-11,17-20H,1,12H2,2H3,(H,26,27)/t17-,18-,19-,20+,23+/m0/s1. The highest BCUT2D eigenvalue weighted by Gasteiger charge is 2.71. The second-order valence-electron chi connectivity index (χ2n) is 8.02. The molecule has 3 heterocycles. The lowest BCUT2D eigenvalue weighted by atomic mass is 9.74. The Labute approximate surface area is 162 Å². The summed E-state index contributed by atoms with van der Waals surface area (Å²) in [4.78, 5) is 27.4. The SMILES string of the molecule is C=C(C)C[C@@H]1N(c2cccc3ccccc23)C(=O)[C@H]2[C@@H](C(=O)O)[C@@H]3C=C[C@@]12O3. The van der Waals surface area contributed by atoms with Crippen LogP contribution in [0.5, 0.6) is 0 Å². The van der Waals surface area contributed by atoms with Crippen LogP contribution < -0.4 is 4.90 Å². The van der Waals surface area contributed by atoms with Gasteiger partial charge in [-0.2, -0.15) is 0 Å². The van der Waals surface area contributed by atoms with Gasteiger partial charge >= 0.3 is 5.97 Å². The van der Waals surface area contributed by atoms with Crippen LogP contribution in [0.25, 0.3) is 10.8 Å². The highest BCUT2D eigenvalue weighted by molar-refractivity contribution is 6.09. The van der Waals surface area contributed by atoms with E-state index in [0.29, 0.717) is 6.42 Å². The Bertz CT molecular complexity index is 1050. The molecular weight excluding hydrogens is 354 g/mol. The van der Waals surface area contributed by atoms with Gasteiger partial charge in [0.1, 0.15) is 11.5 Å². The number of ether oxygens (including phenoxy) is 1. The van der Waals surface area contributed by atoms with Gasteiger partial charge in [-0.05, 0) is 24.8 Å². The number of amides is 1. The fraction of sp³-hybridized carbons (Fsp3) is 0.304. The number of hydrogen-bond donors (Lipinski definition) is 1. The zero-order valence-corrected chi connectivity index (χ0v) is 15.5. The fourth-order valence-electron chi connectivity index (χ4n) is 5.22. The predicted octanol–water partition coefficient (Wildman–Crippen LogP) is 3.55. The molecular formula is C23H21NO4. The number of carbonyl (C=O) groups excluding carboxylic acids is 1. The number of fused-ring (bicyclic) bond motifs is 2. The molecule has 0 aliphatic carbocycles. The molecule has 5 atom stereocenters. The van der Waals surface area contributed by atoms with Crippen molar-refractivity contribution in [2.75, 3.05) is 4.90 Å². The summed E-state index contributed by atoms with van der Waals surface area (Å²) >= 11 is 0. The first-order valence-corrected chi connectivity index (χ1v) is 9.49. The Balaban J connectivity index is 1.71. The van der Waals surface area contributed by atoms with Gasteiger partial charge in [0.15, 0.2) is 0 Å². The normalized spacial score (nSPS) is 32.9. The quantitative estimate of drug-likeness (QED) is 0.830. The smallest absolute Gasteiger partial charge is 0.310 e. The molecule has 2 bridgehead atoms. The molecule has 2 aromatic carbocycles. The molecule has 2 aromatic rings. The van der Waals surface area contributed by atoms with Crippen LogP contribution in [0.15, 0.2) is 66.8 Å². The van der Waals surface area contributed by atoms with Crippen molar-refractivity contribution < 1.29 is 19.4 Å². The van der Waals surface area contributed by atoms with E-state index < -0.39 is 29.5 Å². The molecule has 3 aliphatic rings. The number of anilines is 1. The third-order valence-electron chi connectivity index (χ3n) is 6.27. The fourth-order valence-corrected chi connectivity index (χ4v) is 5.22. The Kier molecular flexibility index (Phi) is 3.55. The van der Waals surface area contributed by atoms with Gasteiger partial charge in [-0.1, -0.05) is 54.1 Å². The van der Waals surface area contributed by atoms with Gasteiger partial charge in [-0.3, -0.25) is 9.59 Å². The first kappa shape index (κ1) is 17.2. The first-order valence-electron chi connectivity index (χ1n) is 9.49. The van der Waals surface area contributed by atoms with Crippen LogP contribution >= 0.6 is 0 Å². The lowest BCUT2D eigenvalue weighted by Gasteiger charge is -2.34. The van der Waals surface area contributed by atoms with Gasteiger partial charge in [0.2, 0.25) is 5.91 Å². The maximum atomic E-state index is 13.6. The van der Waals surface area contributed by atoms with E-state index in [1.165, 1.54) is 0 Å². The average Bonchev–Trinajstić information content (AvgIpc) is 3.30. The molecule has 3 aliphatic heterocycles. The minimum absolute atomic E-state index is 0.179. The summed E-state index contributed by atoms with van der Waals surface area (Å²) in [6, 6.07) is 13.4. The van der Waals surface area contributed by atoms with E-state index in [-0.39, 0.29) is 11.9 Å². The largest absolute Gasteiger partial charge is 0.481 e. The first-order chi connectivity index (χ1) is 13.4. The Morgan fingerprint density at radius 3 is 2.75 bits per heavy atom. The Hall–Kier alpha value is -2.92. The van der Waals surface area contributed by atoms with Crippen molar-refractivity contribution >= 4 is 28.3 Å². The van der Waals surface area contributed by atoms with Gasteiger partial charge in [0.25, 0.3) is 0 Å². The van der Waals surface area contributed by atoms with Crippen LogP contribution in [0.1, 0.15) is 13.3 Å². The van der Waals surface area contributed by atoms with E-state index >= 15 is 0 Å². The van der Waals surface area contributed by atoms with Crippen molar-refractivity contribution in [1.82, 2.24) is 0 Å². The van der Waals surface area contributed by atoms with Gasteiger partial charge in [-0.25, -0.2) is 0 Å². The lowest BCUT2D eigenvalue weighted by molar-refractivity contribution is -0.146. The number of benzene rings is 2. The topological polar surface area (TPSA) is 66.8 Å². The van der Waals surface area contributed by atoms with Crippen molar-refractivity contribution in [1.29, 1.82) is 0 Å². The summed E-state index contributed by atoms with van der Waals surface area (Å²) in [5.41, 5.74) is 0.806. The second-order valence-corrected chi connectivity index (χ2v) is 8.02. The van der Waals surface area contributed by atoms with Crippen LogP contribution in [0.3, 0.4) is 0 Å². The molecule has 5 nitrogen and oxygen atoms in total. The molecule has 5 rings (SSSR count). The van der Waals surface area contributed by atoms with Crippen LogP contribution in [0, 0.1) is 11.8 Å². The third-order valence-corrected chi connectivity index (χ3v) is 6.27. The third kappa shape index (κ3) is 2.11. The summed E-state index contributed by atoms with van der Waals surface area (Å²) in [6.45, 7) is 5.97.